The van der Waals surface area contributed by atoms with Crippen molar-refractivity contribution >= 4 is 23.3 Å². The summed E-state index contributed by atoms with van der Waals surface area (Å²) in [5.41, 5.74) is -0.148. The summed E-state index contributed by atoms with van der Waals surface area (Å²) in [6, 6.07) is 11.2. The molecule has 1 aromatic carbocycles. The van der Waals surface area contributed by atoms with Crippen LogP contribution in [0.1, 0.15) is 24.3 Å². The highest BCUT2D eigenvalue weighted by molar-refractivity contribution is 7.10. The van der Waals surface area contributed by atoms with Gasteiger partial charge in [-0.15, -0.1) is 11.3 Å². The molecule has 4 nitrogen and oxygen atoms in total. The molecule has 0 spiro atoms. The molecule has 1 heterocycles. The van der Waals surface area contributed by atoms with Crippen molar-refractivity contribution in [1.29, 1.82) is 0 Å². The van der Waals surface area contributed by atoms with Crippen molar-refractivity contribution in [2.45, 2.75) is 19.4 Å². The maximum absolute atomic E-state index is 11.9. The van der Waals surface area contributed by atoms with Crippen LogP contribution in [0.15, 0.2) is 47.9 Å². The zero-order chi connectivity index (χ0) is 16.7. The van der Waals surface area contributed by atoms with E-state index in [2.05, 4.69) is 5.32 Å². The van der Waals surface area contributed by atoms with E-state index in [0.717, 1.165) is 16.2 Å². The summed E-state index contributed by atoms with van der Waals surface area (Å²) in [5.74, 6) is 0.566. The molecule has 0 aliphatic heterocycles. The predicted octanol–water partition coefficient (Wildman–Crippen LogP) is 3.18. The van der Waals surface area contributed by atoms with Gasteiger partial charge in [-0.1, -0.05) is 18.2 Å². The van der Waals surface area contributed by atoms with Crippen molar-refractivity contribution in [3.8, 4) is 5.75 Å². The number of hydrogen-bond donors (Lipinski definition) is 2. The van der Waals surface area contributed by atoms with Crippen LogP contribution in [-0.2, 0) is 10.4 Å². The molecule has 0 aliphatic rings. The molecule has 0 aliphatic carbocycles. The molecule has 0 saturated carbocycles. The molecule has 0 fully saturated rings. The fourth-order valence-electron chi connectivity index (χ4n) is 2.00. The molecule has 2 N–H and O–H groups in total. The monoisotopic (exact) mass is 331 g/mol. The first-order valence-corrected chi connectivity index (χ1v) is 8.34. The Labute approximate surface area is 140 Å². The fraction of sp³-hybridized carbons (Fsp3) is 0.278. The number of rotatable bonds is 7. The number of nitrogens with one attached hydrogen (secondary N) is 1. The van der Waals surface area contributed by atoms with E-state index < -0.39 is 5.60 Å². The largest absolute Gasteiger partial charge is 0.494 e. The molecular weight excluding hydrogens is 310 g/mol. The lowest BCUT2D eigenvalue weighted by Gasteiger charge is -2.21. The maximum atomic E-state index is 11.9. The zero-order valence-electron chi connectivity index (χ0n) is 13.3. The Morgan fingerprint density at radius 3 is 2.70 bits per heavy atom. The van der Waals surface area contributed by atoms with E-state index >= 15 is 0 Å². The van der Waals surface area contributed by atoms with Gasteiger partial charge in [0, 0.05) is 11.0 Å². The molecule has 1 amide bonds. The number of aliphatic hydroxyl groups is 1. The predicted molar refractivity (Wildman–Crippen MR) is 93.5 cm³/mol. The number of carbonyl (C=O) groups is 1. The summed E-state index contributed by atoms with van der Waals surface area (Å²) in [4.78, 5) is 12.7. The topological polar surface area (TPSA) is 58.6 Å². The highest BCUT2D eigenvalue weighted by Gasteiger charge is 2.24. The van der Waals surface area contributed by atoms with E-state index in [9.17, 15) is 9.90 Å². The maximum Gasteiger partial charge on any atom is 0.244 e. The van der Waals surface area contributed by atoms with Crippen LogP contribution in [0.2, 0.25) is 0 Å². The molecule has 1 unspecified atom stereocenters. The fourth-order valence-corrected chi connectivity index (χ4v) is 2.79. The number of amides is 1. The van der Waals surface area contributed by atoms with Crippen LogP contribution in [0, 0.1) is 0 Å². The third-order valence-electron chi connectivity index (χ3n) is 3.28. The number of thiophene rings is 1. The van der Waals surface area contributed by atoms with Crippen LogP contribution in [0.5, 0.6) is 5.75 Å². The summed E-state index contributed by atoms with van der Waals surface area (Å²) >= 11 is 1.47. The molecule has 5 heteroatoms. The quantitative estimate of drug-likeness (QED) is 0.766. The van der Waals surface area contributed by atoms with E-state index in [1.54, 1.807) is 13.0 Å². The van der Waals surface area contributed by atoms with Gasteiger partial charge in [-0.25, -0.2) is 0 Å². The first kappa shape index (κ1) is 17.2. The summed E-state index contributed by atoms with van der Waals surface area (Å²) in [6.07, 6.45) is 3.19. The second-order valence-corrected chi connectivity index (χ2v) is 6.25. The van der Waals surface area contributed by atoms with Crippen molar-refractivity contribution in [1.82, 2.24) is 5.32 Å². The van der Waals surface area contributed by atoms with Crippen LogP contribution in [0.25, 0.3) is 6.08 Å². The van der Waals surface area contributed by atoms with Gasteiger partial charge in [0.2, 0.25) is 5.91 Å². The first-order valence-electron chi connectivity index (χ1n) is 7.46. The Balaban J connectivity index is 1.86. The Hall–Kier alpha value is -2.11. The van der Waals surface area contributed by atoms with Crippen molar-refractivity contribution in [2.75, 3.05) is 13.2 Å². The van der Waals surface area contributed by atoms with Gasteiger partial charge in [0.15, 0.2) is 0 Å². The van der Waals surface area contributed by atoms with Gasteiger partial charge in [0.1, 0.15) is 11.4 Å². The van der Waals surface area contributed by atoms with Crippen molar-refractivity contribution in [3.05, 3.63) is 58.3 Å². The highest BCUT2D eigenvalue weighted by atomic mass is 32.1. The Morgan fingerprint density at radius 2 is 2.09 bits per heavy atom. The lowest BCUT2D eigenvalue weighted by atomic mass is 10.1. The smallest absolute Gasteiger partial charge is 0.244 e. The average molecular weight is 331 g/mol. The number of hydrogen-bond acceptors (Lipinski definition) is 4. The summed E-state index contributed by atoms with van der Waals surface area (Å²) in [6.45, 7) is 4.42. The van der Waals surface area contributed by atoms with Gasteiger partial charge < -0.3 is 15.2 Å². The standard InChI is InChI=1S/C18H21NO3S/c1-3-22-15-9-6-14(7-10-15)8-11-17(20)19-13-18(2,21)16-5-4-12-23-16/h4-12,21H,3,13H2,1-2H3,(H,19,20). The summed E-state index contributed by atoms with van der Waals surface area (Å²) < 4.78 is 5.37. The molecule has 0 saturated heterocycles. The van der Waals surface area contributed by atoms with Gasteiger partial charge in [0.05, 0.1) is 13.2 Å². The minimum atomic E-state index is -1.06. The van der Waals surface area contributed by atoms with Crippen molar-refractivity contribution < 1.29 is 14.6 Å². The van der Waals surface area contributed by atoms with E-state index in [1.165, 1.54) is 17.4 Å². The molecular formula is C18H21NO3S. The molecule has 2 aromatic rings. The minimum Gasteiger partial charge on any atom is -0.494 e. The van der Waals surface area contributed by atoms with Crippen LogP contribution in [0.3, 0.4) is 0 Å². The van der Waals surface area contributed by atoms with Gasteiger partial charge in [-0.3, -0.25) is 4.79 Å². The van der Waals surface area contributed by atoms with Crippen molar-refractivity contribution in [3.63, 3.8) is 0 Å². The molecule has 23 heavy (non-hydrogen) atoms. The third-order valence-corrected chi connectivity index (χ3v) is 4.40. The zero-order valence-corrected chi connectivity index (χ0v) is 14.1. The Bertz CT molecular complexity index is 645. The van der Waals surface area contributed by atoms with E-state index in [-0.39, 0.29) is 12.5 Å². The molecule has 1 atom stereocenters. The van der Waals surface area contributed by atoms with Crippen molar-refractivity contribution in [2.24, 2.45) is 0 Å². The van der Waals surface area contributed by atoms with E-state index in [1.807, 2.05) is 48.7 Å². The highest BCUT2D eigenvalue weighted by Crippen LogP contribution is 2.24. The lowest BCUT2D eigenvalue weighted by Crippen LogP contribution is -2.37. The van der Waals surface area contributed by atoms with Gasteiger partial charge in [0.25, 0.3) is 0 Å². The third kappa shape index (κ3) is 5.23. The van der Waals surface area contributed by atoms with Crippen LogP contribution >= 0.6 is 11.3 Å². The molecule has 2 rings (SSSR count). The number of benzene rings is 1. The number of ether oxygens (including phenoxy) is 1. The summed E-state index contributed by atoms with van der Waals surface area (Å²) in [7, 11) is 0. The molecule has 0 bridgehead atoms. The Morgan fingerprint density at radius 1 is 1.35 bits per heavy atom. The summed E-state index contributed by atoms with van der Waals surface area (Å²) in [5, 5.41) is 15.0. The van der Waals surface area contributed by atoms with Crippen LogP contribution in [0.4, 0.5) is 0 Å². The van der Waals surface area contributed by atoms with Gasteiger partial charge >= 0.3 is 0 Å². The van der Waals surface area contributed by atoms with Crippen LogP contribution < -0.4 is 10.1 Å². The Kier molecular flexibility index (Phi) is 5.96. The van der Waals surface area contributed by atoms with Gasteiger partial charge in [-0.05, 0) is 49.1 Å². The average Bonchev–Trinajstić information content (AvgIpc) is 3.08. The van der Waals surface area contributed by atoms with E-state index in [4.69, 9.17) is 4.74 Å². The number of carbonyl (C=O) groups excluding carboxylic acids is 1. The second-order valence-electron chi connectivity index (χ2n) is 5.30. The molecule has 0 radical (unpaired) electrons. The SMILES string of the molecule is CCOc1ccc(C=CC(=O)NCC(C)(O)c2cccs2)cc1. The van der Waals surface area contributed by atoms with E-state index in [0.29, 0.717) is 6.61 Å². The molecule has 122 valence electrons. The first-order chi connectivity index (χ1) is 11.0. The molecule has 1 aromatic heterocycles. The normalized spacial score (nSPS) is 13.7. The van der Waals surface area contributed by atoms with Gasteiger partial charge in [-0.2, -0.15) is 0 Å². The minimum absolute atomic E-state index is 0.167. The second kappa shape index (κ2) is 7.94. The van der Waals surface area contributed by atoms with Crippen LogP contribution in [-0.4, -0.2) is 24.2 Å². The lowest BCUT2D eigenvalue weighted by molar-refractivity contribution is -0.117.